The minimum absolute atomic E-state index is 0.0850. The fourth-order valence-electron chi connectivity index (χ4n) is 5.77. The molecule has 3 heterocycles. The maximum absolute atomic E-state index is 9.33. The van der Waals surface area contributed by atoms with Crippen molar-refractivity contribution in [1.29, 1.82) is 10.5 Å². The van der Waals surface area contributed by atoms with Crippen LogP contribution in [0.1, 0.15) is 77.1 Å². The molecule has 0 amide bonds. The van der Waals surface area contributed by atoms with Crippen LogP contribution in [0.25, 0.3) is 6.08 Å². The smallest absolute Gasteiger partial charge is 0.137 e. The van der Waals surface area contributed by atoms with Crippen LogP contribution in [0.5, 0.6) is 0 Å². The van der Waals surface area contributed by atoms with E-state index >= 15 is 0 Å². The SMILES string of the molecule is CC(C)C1=CC(=C(C#N)C#N)C=C(C=Cc2ccc3c(c2)C(C)(C)CN2CCCC(C)(C)C32)O1. The van der Waals surface area contributed by atoms with Crippen LogP contribution in [0.15, 0.2) is 59.1 Å². The van der Waals surface area contributed by atoms with Crippen molar-refractivity contribution in [2.75, 3.05) is 13.1 Å². The topological polar surface area (TPSA) is 60.0 Å². The molecule has 4 rings (SSSR count). The Morgan fingerprint density at radius 3 is 2.53 bits per heavy atom. The number of hydrogen-bond donors (Lipinski definition) is 0. The Morgan fingerprint density at radius 1 is 1.12 bits per heavy atom. The van der Waals surface area contributed by atoms with Gasteiger partial charge in [0.2, 0.25) is 0 Å². The molecule has 3 aliphatic heterocycles. The van der Waals surface area contributed by atoms with Gasteiger partial charge in [0.15, 0.2) is 0 Å². The average molecular weight is 454 g/mol. The molecule has 0 N–H and O–H groups in total. The van der Waals surface area contributed by atoms with Gasteiger partial charge in [-0.1, -0.05) is 65.8 Å². The Hall–Kier alpha value is -3.08. The highest BCUT2D eigenvalue weighted by atomic mass is 16.5. The molecule has 34 heavy (non-hydrogen) atoms. The monoisotopic (exact) mass is 453 g/mol. The zero-order chi connectivity index (χ0) is 24.7. The van der Waals surface area contributed by atoms with Gasteiger partial charge < -0.3 is 4.74 Å². The Labute approximate surface area is 204 Å². The van der Waals surface area contributed by atoms with Crippen molar-refractivity contribution in [3.8, 4) is 12.1 Å². The molecule has 0 spiro atoms. The van der Waals surface area contributed by atoms with E-state index < -0.39 is 0 Å². The van der Waals surface area contributed by atoms with E-state index in [1.165, 1.54) is 30.5 Å². The molecule has 176 valence electrons. The number of hydrogen-bond acceptors (Lipinski definition) is 4. The summed E-state index contributed by atoms with van der Waals surface area (Å²) in [6, 6.07) is 11.3. The van der Waals surface area contributed by atoms with Crippen LogP contribution in [-0.2, 0) is 10.2 Å². The zero-order valence-electron chi connectivity index (χ0n) is 21.3. The Morgan fingerprint density at radius 2 is 1.85 bits per heavy atom. The van der Waals surface area contributed by atoms with Gasteiger partial charge >= 0.3 is 0 Å². The molecule has 1 aromatic rings. The third kappa shape index (κ3) is 4.48. The van der Waals surface area contributed by atoms with Crippen molar-refractivity contribution < 1.29 is 4.74 Å². The van der Waals surface area contributed by atoms with Crippen LogP contribution < -0.4 is 0 Å². The summed E-state index contributed by atoms with van der Waals surface area (Å²) >= 11 is 0. The summed E-state index contributed by atoms with van der Waals surface area (Å²) in [7, 11) is 0. The minimum Gasteiger partial charge on any atom is -0.461 e. The lowest BCUT2D eigenvalue weighted by Gasteiger charge is -2.54. The van der Waals surface area contributed by atoms with Crippen LogP contribution in [-0.4, -0.2) is 18.0 Å². The van der Waals surface area contributed by atoms with Gasteiger partial charge in [0.05, 0.1) is 0 Å². The molecule has 0 aliphatic carbocycles. The highest BCUT2D eigenvalue weighted by molar-refractivity contribution is 5.59. The Kier molecular flexibility index (Phi) is 6.32. The quantitative estimate of drug-likeness (QED) is 0.465. The van der Waals surface area contributed by atoms with E-state index in [1.54, 1.807) is 12.2 Å². The van der Waals surface area contributed by atoms with Crippen LogP contribution in [0.3, 0.4) is 0 Å². The van der Waals surface area contributed by atoms with Crippen molar-refractivity contribution in [1.82, 2.24) is 4.90 Å². The number of rotatable bonds is 3. The molecule has 0 radical (unpaired) electrons. The van der Waals surface area contributed by atoms with Crippen molar-refractivity contribution in [3.63, 3.8) is 0 Å². The second kappa shape index (κ2) is 8.94. The van der Waals surface area contributed by atoms with Gasteiger partial charge in [0.25, 0.3) is 0 Å². The number of ether oxygens (including phenoxy) is 1. The number of fused-ring (bicyclic) bond motifs is 3. The summed E-state index contributed by atoms with van der Waals surface area (Å²) in [5.74, 6) is 1.55. The second-order valence-corrected chi connectivity index (χ2v) is 11.4. The summed E-state index contributed by atoms with van der Waals surface area (Å²) in [5, 5.41) is 18.7. The Balaban J connectivity index is 1.69. The molecule has 1 saturated heterocycles. The predicted molar refractivity (Wildman–Crippen MR) is 136 cm³/mol. The van der Waals surface area contributed by atoms with Gasteiger partial charge in [-0.2, -0.15) is 10.5 Å². The van der Waals surface area contributed by atoms with Crippen molar-refractivity contribution in [2.45, 2.75) is 65.8 Å². The highest BCUT2D eigenvalue weighted by Crippen LogP contribution is 2.51. The van der Waals surface area contributed by atoms with E-state index in [0.29, 0.717) is 17.4 Å². The summed E-state index contributed by atoms with van der Waals surface area (Å²) in [4.78, 5) is 2.69. The van der Waals surface area contributed by atoms with Gasteiger partial charge in [-0.05, 0) is 59.7 Å². The molecule has 3 aliphatic rings. The van der Waals surface area contributed by atoms with Gasteiger partial charge in [0, 0.05) is 29.5 Å². The van der Waals surface area contributed by atoms with Crippen LogP contribution >= 0.6 is 0 Å². The first-order chi connectivity index (χ1) is 16.1. The zero-order valence-corrected chi connectivity index (χ0v) is 21.3. The predicted octanol–water partition coefficient (Wildman–Crippen LogP) is 6.95. The summed E-state index contributed by atoms with van der Waals surface area (Å²) in [6.45, 7) is 15.9. The molecule has 0 saturated carbocycles. The molecular formula is C30H35N3O. The summed E-state index contributed by atoms with van der Waals surface area (Å²) in [6.07, 6.45) is 10.1. The van der Waals surface area contributed by atoms with Crippen LogP contribution in [0.2, 0.25) is 0 Å². The van der Waals surface area contributed by atoms with E-state index in [4.69, 9.17) is 4.74 Å². The lowest BCUT2D eigenvalue weighted by molar-refractivity contribution is 0.0101. The van der Waals surface area contributed by atoms with E-state index in [0.717, 1.165) is 17.9 Å². The van der Waals surface area contributed by atoms with E-state index in [2.05, 4.69) is 56.9 Å². The van der Waals surface area contributed by atoms with E-state index in [-0.39, 0.29) is 22.3 Å². The number of benzene rings is 1. The number of piperidine rings is 1. The fourth-order valence-corrected chi connectivity index (χ4v) is 5.77. The van der Waals surface area contributed by atoms with Crippen molar-refractivity contribution >= 4 is 6.08 Å². The molecular weight excluding hydrogens is 418 g/mol. The largest absolute Gasteiger partial charge is 0.461 e. The highest BCUT2D eigenvalue weighted by Gasteiger charge is 2.46. The maximum atomic E-state index is 9.33. The third-order valence-corrected chi connectivity index (χ3v) is 7.42. The molecule has 0 bridgehead atoms. The molecule has 1 fully saturated rings. The minimum atomic E-state index is 0.0850. The number of nitrogens with zero attached hydrogens (tertiary/aromatic N) is 3. The van der Waals surface area contributed by atoms with Crippen LogP contribution in [0.4, 0.5) is 0 Å². The molecule has 4 nitrogen and oxygen atoms in total. The molecule has 1 atom stereocenters. The fraction of sp³-hybridized carbons (Fsp3) is 0.467. The Bertz CT molecular complexity index is 1180. The van der Waals surface area contributed by atoms with E-state index in [1.807, 2.05) is 32.1 Å². The summed E-state index contributed by atoms with van der Waals surface area (Å²) < 4.78 is 6.07. The van der Waals surface area contributed by atoms with Gasteiger partial charge in [-0.25, -0.2) is 0 Å². The molecule has 0 aromatic heterocycles. The first-order valence-corrected chi connectivity index (χ1v) is 12.3. The van der Waals surface area contributed by atoms with Gasteiger partial charge in [0.1, 0.15) is 29.2 Å². The first kappa shape index (κ1) is 24.1. The lowest BCUT2D eigenvalue weighted by Crippen LogP contribution is -2.52. The number of allylic oxidation sites excluding steroid dienone is 6. The standard InChI is InChI=1S/C30H35N3O/c1-20(2)27-16-22(23(17-31)18-32)15-24(34-27)10-8-21-9-11-25-26(14-21)30(5,6)19-33-13-7-12-29(3,4)28(25)33/h8-11,14-16,20,28H,7,12-13,19H2,1-6H3. The van der Waals surface area contributed by atoms with Gasteiger partial charge in [-0.15, -0.1) is 0 Å². The van der Waals surface area contributed by atoms with Crippen molar-refractivity contribution in [3.05, 3.63) is 75.8 Å². The summed E-state index contributed by atoms with van der Waals surface area (Å²) in [5.41, 5.74) is 5.09. The third-order valence-electron chi connectivity index (χ3n) is 7.42. The van der Waals surface area contributed by atoms with E-state index in [9.17, 15) is 10.5 Å². The lowest BCUT2D eigenvalue weighted by atomic mass is 9.65. The van der Waals surface area contributed by atoms with Crippen molar-refractivity contribution in [2.24, 2.45) is 11.3 Å². The van der Waals surface area contributed by atoms with Crippen LogP contribution in [0, 0.1) is 34.0 Å². The normalized spacial score (nSPS) is 23.2. The molecule has 1 aromatic carbocycles. The second-order valence-electron chi connectivity index (χ2n) is 11.4. The first-order valence-electron chi connectivity index (χ1n) is 12.3. The molecule has 1 unspecified atom stereocenters. The average Bonchev–Trinajstić information content (AvgIpc) is 2.77. The number of nitriles is 2. The van der Waals surface area contributed by atoms with Gasteiger partial charge in [-0.3, -0.25) is 4.90 Å². The molecule has 4 heteroatoms. The maximum Gasteiger partial charge on any atom is 0.137 e.